The van der Waals surface area contributed by atoms with Crippen LogP contribution in [0, 0.1) is 5.82 Å². The van der Waals surface area contributed by atoms with Crippen LogP contribution in [0.15, 0.2) is 79.0 Å². The normalized spacial score (nSPS) is 19.3. The number of aromatic nitrogens is 1. The molecule has 3 N–H and O–H groups in total. The van der Waals surface area contributed by atoms with Gasteiger partial charge in [-0.15, -0.1) is 0 Å². The fourth-order valence-electron chi connectivity index (χ4n) is 4.49. The van der Waals surface area contributed by atoms with E-state index >= 15 is 0 Å². The highest BCUT2D eigenvalue weighted by Crippen LogP contribution is 2.51. The molecule has 6 nitrogen and oxygen atoms in total. The number of unbranched alkanes of at least 4 members (excludes halogenated alkanes) is 1. The maximum absolute atomic E-state index is 13.2. The molecule has 2 aromatic carbocycles. The zero-order valence-corrected chi connectivity index (χ0v) is 20.5. The first kappa shape index (κ1) is 25.5. The van der Waals surface area contributed by atoms with E-state index in [-0.39, 0.29) is 23.2 Å². The van der Waals surface area contributed by atoms with Gasteiger partial charge < -0.3 is 16.0 Å². The molecule has 1 aromatic heterocycles. The van der Waals surface area contributed by atoms with Crippen molar-refractivity contribution >= 4 is 11.8 Å². The minimum Gasteiger partial charge on any atom is -0.349 e. The summed E-state index contributed by atoms with van der Waals surface area (Å²) in [6.07, 6.45) is 4.89. The standard InChI is InChI=1S/C29H33FN4O2/c1-29(19-25(29)21-13-15-23(30)16-14-21)33-18-8-6-12-26(34-27(35)22-9-3-2-4-10-22)28(36)32-20-24-11-5-7-17-31-24/h2-5,7,9-11,13-17,25-26,33H,6,8,12,18-20H2,1H3,(H,32,36)(H,34,35). The minimum absolute atomic E-state index is 0.0127. The summed E-state index contributed by atoms with van der Waals surface area (Å²) in [5, 5.41) is 9.42. The SMILES string of the molecule is CC1(NCCCCC(NC(=O)c2ccccc2)C(=O)NCc2ccccn2)CC1c1ccc(F)cc1. The van der Waals surface area contributed by atoms with Gasteiger partial charge in [0.05, 0.1) is 12.2 Å². The van der Waals surface area contributed by atoms with Gasteiger partial charge in [-0.3, -0.25) is 14.6 Å². The van der Waals surface area contributed by atoms with Crippen molar-refractivity contribution in [1.82, 2.24) is 20.9 Å². The molecule has 0 saturated heterocycles. The molecule has 0 spiro atoms. The average molecular weight is 489 g/mol. The number of rotatable bonds is 12. The van der Waals surface area contributed by atoms with Gasteiger partial charge in [0, 0.05) is 23.2 Å². The van der Waals surface area contributed by atoms with Crippen molar-refractivity contribution in [3.63, 3.8) is 0 Å². The highest BCUT2D eigenvalue weighted by molar-refractivity contribution is 5.97. The van der Waals surface area contributed by atoms with Crippen molar-refractivity contribution in [2.24, 2.45) is 0 Å². The Balaban J connectivity index is 1.26. The molecular formula is C29H33FN4O2. The molecule has 1 fully saturated rings. The number of nitrogens with zero attached hydrogens (tertiary/aromatic N) is 1. The fraction of sp³-hybridized carbons (Fsp3) is 0.345. The van der Waals surface area contributed by atoms with Crippen molar-refractivity contribution < 1.29 is 14.0 Å². The Labute approximate surface area is 211 Å². The predicted octanol–water partition coefficient (Wildman–Crippen LogP) is 4.34. The fourth-order valence-corrected chi connectivity index (χ4v) is 4.49. The zero-order chi connectivity index (χ0) is 25.4. The van der Waals surface area contributed by atoms with Gasteiger partial charge >= 0.3 is 0 Å². The first-order valence-corrected chi connectivity index (χ1v) is 12.5. The number of carbonyl (C=O) groups is 2. The second-order valence-corrected chi connectivity index (χ2v) is 9.58. The molecule has 0 aliphatic heterocycles. The van der Waals surface area contributed by atoms with Crippen LogP contribution in [-0.4, -0.2) is 34.9 Å². The van der Waals surface area contributed by atoms with Crippen LogP contribution in [0.2, 0.25) is 0 Å². The van der Waals surface area contributed by atoms with Crippen molar-refractivity contribution in [2.75, 3.05) is 6.54 Å². The molecule has 0 radical (unpaired) electrons. The number of hydrogen-bond donors (Lipinski definition) is 3. The van der Waals surface area contributed by atoms with Crippen LogP contribution < -0.4 is 16.0 Å². The van der Waals surface area contributed by atoms with E-state index < -0.39 is 6.04 Å². The minimum atomic E-state index is -0.634. The second kappa shape index (κ2) is 11.9. The number of halogens is 1. The number of carbonyl (C=O) groups excluding carboxylic acids is 2. The van der Waals surface area contributed by atoms with Crippen LogP contribution in [0.4, 0.5) is 4.39 Å². The Kier molecular flexibility index (Phi) is 8.44. The molecule has 7 heteroatoms. The van der Waals surface area contributed by atoms with Gasteiger partial charge in [-0.1, -0.05) is 36.4 Å². The van der Waals surface area contributed by atoms with E-state index in [1.54, 1.807) is 30.5 Å². The molecular weight excluding hydrogens is 455 g/mol. The van der Waals surface area contributed by atoms with Crippen molar-refractivity contribution in [1.29, 1.82) is 0 Å². The third kappa shape index (κ3) is 6.98. The zero-order valence-electron chi connectivity index (χ0n) is 20.5. The molecule has 1 aliphatic carbocycles. The summed E-state index contributed by atoms with van der Waals surface area (Å²) in [5.41, 5.74) is 2.45. The Morgan fingerprint density at radius 3 is 2.50 bits per heavy atom. The second-order valence-electron chi connectivity index (χ2n) is 9.58. The van der Waals surface area contributed by atoms with Crippen molar-refractivity contribution in [2.45, 2.75) is 56.7 Å². The van der Waals surface area contributed by atoms with E-state index in [9.17, 15) is 14.0 Å². The molecule has 36 heavy (non-hydrogen) atoms. The third-order valence-electron chi connectivity index (χ3n) is 6.79. The molecule has 1 saturated carbocycles. The molecule has 4 rings (SSSR count). The number of benzene rings is 2. The van der Waals surface area contributed by atoms with E-state index in [0.29, 0.717) is 24.4 Å². The lowest BCUT2D eigenvalue weighted by Crippen LogP contribution is -2.46. The first-order chi connectivity index (χ1) is 17.4. The van der Waals surface area contributed by atoms with Gasteiger partial charge in [0.25, 0.3) is 5.91 Å². The summed E-state index contributed by atoms with van der Waals surface area (Å²) in [6, 6.07) is 20.6. The van der Waals surface area contributed by atoms with E-state index in [1.807, 2.05) is 36.4 Å². The quantitative estimate of drug-likeness (QED) is 0.331. The Morgan fingerprint density at radius 1 is 1.03 bits per heavy atom. The number of pyridine rings is 1. The van der Waals surface area contributed by atoms with Crippen molar-refractivity contribution in [3.05, 3.63) is 102 Å². The lowest BCUT2D eigenvalue weighted by Gasteiger charge is -2.19. The average Bonchev–Trinajstić information content (AvgIpc) is 3.58. The van der Waals surface area contributed by atoms with Gasteiger partial charge in [-0.2, -0.15) is 0 Å². The summed E-state index contributed by atoms with van der Waals surface area (Å²) in [4.78, 5) is 29.9. The number of hydrogen-bond acceptors (Lipinski definition) is 4. The van der Waals surface area contributed by atoms with E-state index in [1.165, 1.54) is 12.1 Å². The predicted molar refractivity (Wildman–Crippen MR) is 138 cm³/mol. The van der Waals surface area contributed by atoms with Gasteiger partial charge in [-0.25, -0.2) is 4.39 Å². The van der Waals surface area contributed by atoms with Gasteiger partial charge in [0.15, 0.2) is 0 Å². The van der Waals surface area contributed by atoms with Crippen molar-refractivity contribution in [3.8, 4) is 0 Å². The lowest BCUT2D eigenvalue weighted by atomic mass is 10.1. The van der Waals surface area contributed by atoms with E-state index in [0.717, 1.165) is 37.1 Å². The summed E-state index contributed by atoms with van der Waals surface area (Å²) in [7, 11) is 0. The molecule has 3 atom stereocenters. The smallest absolute Gasteiger partial charge is 0.251 e. The maximum Gasteiger partial charge on any atom is 0.251 e. The lowest BCUT2D eigenvalue weighted by molar-refractivity contribution is -0.123. The van der Waals surface area contributed by atoms with Crippen LogP contribution >= 0.6 is 0 Å². The van der Waals surface area contributed by atoms with Crippen LogP contribution in [0.1, 0.15) is 60.1 Å². The molecule has 2 amide bonds. The highest BCUT2D eigenvalue weighted by Gasteiger charge is 2.50. The van der Waals surface area contributed by atoms with Crippen LogP contribution in [-0.2, 0) is 11.3 Å². The van der Waals surface area contributed by atoms with Gasteiger partial charge in [0.2, 0.25) is 5.91 Å². The molecule has 188 valence electrons. The summed E-state index contributed by atoms with van der Waals surface area (Å²) < 4.78 is 13.2. The summed E-state index contributed by atoms with van der Waals surface area (Å²) >= 11 is 0. The van der Waals surface area contributed by atoms with Gasteiger partial charge in [0.1, 0.15) is 11.9 Å². The Hall–Kier alpha value is -3.58. The van der Waals surface area contributed by atoms with Crippen LogP contribution in [0.25, 0.3) is 0 Å². The summed E-state index contributed by atoms with van der Waals surface area (Å²) in [5.74, 6) is -0.316. The monoisotopic (exact) mass is 488 g/mol. The number of nitrogens with one attached hydrogen (secondary N) is 3. The molecule has 1 aliphatic rings. The largest absolute Gasteiger partial charge is 0.349 e. The van der Waals surface area contributed by atoms with Crippen LogP contribution in [0.3, 0.4) is 0 Å². The van der Waals surface area contributed by atoms with E-state index in [4.69, 9.17) is 0 Å². The van der Waals surface area contributed by atoms with Crippen LogP contribution in [0.5, 0.6) is 0 Å². The maximum atomic E-state index is 13.2. The van der Waals surface area contributed by atoms with E-state index in [2.05, 4.69) is 27.9 Å². The van der Waals surface area contributed by atoms with Gasteiger partial charge in [-0.05, 0) is 81.1 Å². The molecule has 1 heterocycles. The summed E-state index contributed by atoms with van der Waals surface area (Å²) in [6.45, 7) is 3.31. The Bertz CT molecular complexity index is 1140. The Morgan fingerprint density at radius 2 is 1.78 bits per heavy atom. The number of amides is 2. The molecule has 3 unspecified atom stereocenters. The third-order valence-corrected chi connectivity index (χ3v) is 6.79. The topological polar surface area (TPSA) is 83.1 Å². The molecule has 0 bridgehead atoms. The highest BCUT2D eigenvalue weighted by atomic mass is 19.1. The first-order valence-electron chi connectivity index (χ1n) is 12.5. The molecule has 3 aromatic rings.